The maximum Gasteiger partial charge on any atom is 0.222 e. The van der Waals surface area contributed by atoms with E-state index in [-0.39, 0.29) is 5.91 Å². The van der Waals surface area contributed by atoms with Crippen molar-refractivity contribution in [3.05, 3.63) is 29.8 Å². The molecule has 0 unspecified atom stereocenters. The SMILES string of the molecule is COCCN(C)C(=O)CCc1cccc(N)c1. The molecule has 0 spiro atoms. The zero-order valence-electron chi connectivity index (χ0n) is 10.5. The van der Waals surface area contributed by atoms with Crippen molar-refractivity contribution in [3.8, 4) is 0 Å². The van der Waals surface area contributed by atoms with Gasteiger partial charge >= 0.3 is 0 Å². The minimum atomic E-state index is 0.129. The maximum atomic E-state index is 11.7. The molecule has 0 heterocycles. The van der Waals surface area contributed by atoms with Gasteiger partial charge in [-0.2, -0.15) is 0 Å². The van der Waals surface area contributed by atoms with Gasteiger partial charge in [0.05, 0.1) is 6.61 Å². The van der Waals surface area contributed by atoms with E-state index in [0.29, 0.717) is 19.6 Å². The van der Waals surface area contributed by atoms with Gasteiger partial charge < -0.3 is 15.4 Å². The van der Waals surface area contributed by atoms with E-state index in [1.807, 2.05) is 24.3 Å². The predicted molar refractivity (Wildman–Crippen MR) is 68.7 cm³/mol. The van der Waals surface area contributed by atoms with E-state index in [1.54, 1.807) is 19.1 Å². The molecule has 0 aromatic heterocycles. The normalized spacial score (nSPS) is 10.2. The average Bonchev–Trinajstić information content (AvgIpc) is 2.33. The molecule has 4 nitrogen and oxygen atoms in total. The Morgan fingerprint density at radius 2 is 2.24 bits per heavy atom. The Kier molecular flexibility index (Phi) is 5.49. The first-order chi connectivity index (χ1) is 8.13. The van der Waals surface area contributed by atoms with Crippen molar-refractivity contribution in [2.24, 2.45) is 0 Å². The summed E-state index contributed by atoms with van der Waals surface area (Å²) in [5.74, 6) is 0.129. The van der Waals surface area contributed by atoms with Gasteiger partial charge in [-0.1, -0.05) is 12.1 Å². The molecule has 1 rings (SSSR count). The second-order valence-corrected chi connectivity index (χ2v) is 4.05. The van der Waals surface area contributed by atoms with Crippen LogP contribution in [0.3, 0.4) is 0 Å². The van der Waals surface area contributed by atoms with E-state index < -0.39 is 0 Å². The van der Waals surface area contributed by atoms with Crippen LogP contribution in [-0.4, -0.2) is 38.1 Å². The van der Waals surface area contributed by atoms with Crippen molar-refractivity contribution in [2.75, 3.05) is 33.0 Å². The lowest BCUT2D eigenvalue weighted by Crippen LogP contribution is -2.30. The van der Waals surface area contributed by atoms with Gasteiger partial charge in [0.15, 0.2) is 0 Å². The van der Waals surface area contributed by atoms with Crippen molar-refractivity contribution in [1.82, 2.24) is 4.90 Å². The highest BCUT2D eigenvalue weighted by atomic mass is 16.5. The number of hydrogen-bond donors (Lipinski definition) is 1. The summed E-state index contributed by atoms with van der Waals surface area (Å²) in [5, 5.41) is 0. The molecule has 1 aromatic rings. The summed E-state index contributed by atoms with van der Waals surface area (Å²) >= 11 is 0. The fourth-order valence-electron chi connectivity index (χ4n) is 1.54. The van der Waals surface area contributed by atoms with Crippen LogP contribution in [0, 0.1) is 0 Å². The van der Waals surface area contributed by atoms with E-state index >= 15 is 0 Å². The summed E-state index contributed by atoms with van der Waals surface area (Å²) in [7, 11) is 3.42. The number of anilines is 1. The average molecular weight is 236 g/mol. The van der Waals surface area contributed by atoms with Crippen molar-refractivity contribution in [3.63, 3.8) is 0 Å². The Balaban J connectivity index is 2.37. The Morgan fingerprint density at radius 3 is 2.88 bits per heavy atom. The van der Waals surface area contributed by atoms with Crippen molar-refractivity contribution in [2.45, 2.75) is 12.8 Å². The van der Waals surface area contributed by atoms with Crippen molar-refractivity contribution in [1.29, 1.82) is 0 Å². The summed E-state index contributed by atoms with van der Waals surface area (Å²) in [6.45, 7) is 1.20. The van der Waals surface area contributed by atoms with Gasteiger partial charge in [0, 0.05) is 32.8 Å². The minimum Gasteiger partial charge on any atom is -0.399 e. The van der Waals surface area contributed by atoms with Crippen LogP contribution in [0.15, 0.2) is 24.3 Å². The molecule has 2 N–H and O–H groups in total. The highest BCUT2D eigenvalue weighted by molar-refractivity contribution is 5.76. The zero-order chi connectivity index (χ0) is 12.7. The highest BCUT2D eigenvalue weighted by Crippen LogP contribution is 2.09. The first kappa shape index (κ1) is 13.5. The zero-order valence-corrected chi connectivity index (χ0v) is 10.5. The monoisotopic (exact) mass is 236 g/mol. The molecular weight excluding hydrogens is 216 g/mol. The van der Waals surface area contributed by atoms with Gasteiger partial charge in [-0.05, 0) is 24.1 Å². The topological polar surface area (TPSA) is 55.6 Å². The van der Waals surface area contributed by atoms with Gasteiger partial charge in [0.25, 0.3) is 0 Å². The molecular formula is C13H20N2O2. The van der Waals surface area contributed by atoms with Crippen molar-refractivity contribution >= 4 is 11.6 Å². The number of likely N-dealkylation sites (N-methyl/N-ethyl adjacent to an activating group) is 1. The Bertz CT molecular complexity index is 366. The van der Waals surface area contributed by atoms with Gasteiger partial charge in [-0.3, -0.25) is 4.79 Å². The standard InChI is InChI=1S/C13H20N2O2/c1-15(8-9-17-2)13(16)7-6-11-4-3-5-12(14)10-11/h3-5,10H,6-9,14H2,1-2H3. The van der Waals surface area contributed by atoms with Crippen LogP contribution in [0.5, 0.6) is 0 Å². The summed E-state index contributed by atoms with van der Waals surface area (Å²) in [4.78, 5) is 13.4. The lowest BCUT2D eigenvalue weighted by atomic mass is 10.1. The number of rotatable bonds is 6. The van der Waals surface area contributed by atoms with E-state index in [1.165, 1.54) is 0 Å². The number of nitrogens with zero attached hydrogens (tertiary/aromatic N) is 1. The number of nitrogen functional groups attached to an aromatic ring is 1. The van der Waals surface area contributed by atoms with E-state index in [9.17, 15) is 4.79 Å². The minimum absolute atomic E-state index is 0.129. The van der Waals surface area contributed by atoms with Crippen LogP contribution >= 0.6 is 0 Å². The number of benzene rings is 1. The second kappa shape index (κ2) is 6.91. The summed E-state index contributed by atoms with van der Waals surface area (Å²) in [6, 6.07) is 7.64. The van der Waals surface area contributed by atoms with Crippen LogP contribution in [0.2, 0.25) is 0 Å². The molecule has 1 aromatic carbocycles. The van der Waals surface area contributed by atoms with E-state index in [2.05, 4.69) is 0 Å². The molecule has 94 valence electrons. The molecule has 0 radical (unpaired) electrons. The summed E-state index contributed by atoms with van der Waals surface area (Å²) in [6.07, 6.45) is 1.23. The van der Waals surface area contributed by atoms with Gasteiger partial charge in [0.2, 0.25) is 5.91 Å². The van der Waals surface area contributed by atoms with Crippen LogP contribution < -0.4 is 5.73 Å². The third kappa shape index (κ3) is 4.87. The van der Waals surface area contributed by atoms with Gasteiger partial charge in [0.1, 0.15) is 0 Å². The van der Waals surface area contributed by atoms with Gasteiger partial charge in [-0.15, -0.1) is 0 Å². The van der Waals surface area contributed by atoms with Crippen LogP contribution in [0.4, 0.5) is 5.69 Å². The number of aryl methyl sites for hydroxylation is 1. The summed E-state index contributed by atoms with van der Waals surface area (Å²) in [5.41, 5.74) is 7.51. The number of methoxy groups -OCH3 is 1. The molecule has 0 saturated heterocycles. The molecule has 0 aliphatic rings. The number of carbonyl (C=O) groups excluding carboxylic acids is 1. The first-order valence-electron chi connectivity index (χ1n) is 5.71. The smallest absolute Gasteiger partial charge is 0.222 e. The Morgan fingerprint density at radius 1 is 1.47 bits per heavy atom. The number of amides is 1. The Hall–Kier alpha value is -1.55. The first-order valence-corrected chi connectivity index (χ1v) is 5.71. The third-order valence-electron chi connectivity index (χ3n) is 2.64. The molecule has 17 heavy (non-hydrogen) atoms. The quantitative estimate of drug-likeness (QED) is 0.758. The van der Waals surface area contributed by atoms with Crippen LogP contribution in [0.25, 0.3) is 0 Å². The van der Waals surface area contributed by atoms with Crippen LogP contribution in [-0.2, 0) is 16.0 Å². The van der Waals surface area contributed by atoms with E-state index in [4.69, 9.17) is 10.5 Å². The highest BCUT2D eigenvalue weighted by Gasteiger charge is 2.08. The molecule has 0 bridgehead atoms. The maximum absolute atomic E-state index is 11.7. The molecule has 0 fully saturated rings. The summed E-state index contributed by atoms with van der Waals surface area (Å²) < 4.78 is 4.93. The van der Waals surface area contributed by atoms with Gasteiger partial charge in [-0.25, -0.2) is 0 Å². The largest absolute Gasteiger partial charge is 0.399 e. The lowest BCUT2D eigenvalue weighted by Gasteiger charge is -2.16. The van der Waals surface area contributed by atoms with E-state index in [0.717, 1.165) is 17.7 Å². The lowest BCUT2D eigenvalue weighted by molar-refractivity contribution is -0.130. The fraction of sp³-hybridized carbons (Fsp3) is 0.462. The third-order valence-corrected chi connectivity index (χ3v) is 2.64. The molecule has 0 saturated carbocycles. The predicted octanol–water partition coefficient (Wildman–Crippen LogP) is 1.31. The molecule has 0 aliphatic heterocycles. The number of carbonyl (C=O) groups is 1. The Labute approximate surface area is 102 Å². The number of hydrogen-bond acceptors (Lipinski definition) is 3. The molecule has 0 aliphatic carbocycles. The molecule has 0 atom stereocenters. The number of ether oxygens (including phenoxy) is 1. The second-order valence-electron chi connectivity index (χ2n) is 4.05. The number of nitrogens with two attached hydrogens (primary N) is 1. The molecule has 1 amide bonds. The van der Waals surface area contributed by atoms with Crippen molar-refractivity contribution < 1.29 is 9.53 Å². The molecule has 4 heteroatoms. The fourth-order valence-corrected chi connectivity index (χ4v) is 1.54. The van der Waals surface area contributed by atoms with Crippen LogP contribution in [0.1, 0.15) is 12.0 Å².